The zero-order valence-corrected chi connectivity index (χ0v) is 21.3. The molecule has 1 aromatic rings. The molecule has 2 aliphatic heterocycles. The number of likely N-dealkylation sites (tertiary alicyclic amines) is 2. The van der Waals surface area contributed by atoms with Gasteiger partial charge in [0.05, 0.1) is 17.8 Å². The van der Waals surface area contributed by atoms with Crippen molar-refractivity contribution < 1.29 is 50.9 Å². The van der Waals surface area contributed by atoms with Crippen LogP contribution in [0.4, 0.5) is 26.3 Å². The van der Waals surface area contributed by atoms with Gasteiger partial charge in [-0.1, -0.05) is 0 Å². The van der Waals surface area contributed by atoms with E-state index in [0.717, 1.165) is 19.1 Å². The molecule has 3 aliphatic rings. The molecule has 37 heavy (non-hydrogen) atoms. The van der Waals surface area contributed by atoms with Crippen molar-refractivity contribution in [2.75, 3.05) is 46.4 Å². The van der Waals surface area contributed by atoms with Gasteiger partial charge in [0.1, 0.15) is 0 Å². The molecule has 0 bridgehead atoms. The number of aryl methyl sites for hydroxylation is 1. The van der Waals surface area contributed by atoms with Crippen LogP contribution in [0.25, 0.3) is 0 Å². The van der Waals surface area contributed by atoms with Gasteiger partial charge in [0.15, 0.2) is 0 Å². The highest BCUT2D eigenvalue weighted by atomic mass is 32.1. The van der Waals surface area contributed by atoms with Crippen molar-refractivity contribution in [3.8, 4) is 0 Å². The minimum absolute atomic E-state index is 0.462. The SMILES string of the molecule is COC[C@@H]1CN(CC2CC2)C[C@@]12CCN(Cc1scnc1C)C2.O=C(O)C(F)(F)F.O=C(O)C(F)(F)F. The molecule has 1 aromatic heterocycles. The van der Waals surface area contributed by atoms with Gasteiger partial charge in [0, 0.05) is 56.0 Å². The van der Waals surface area contributed by atoms with E-state index in [1.54, 1.807) is 0 Å². The average Bonchev–Trinajstić information content (AvgIpc) is 3.20. The quantitative estimate of drug-likeness (QED) is 0.503. The molecule has 4 rings (SSSR count). The number of carbonyl (C=O) groups is 2. The van der Waals surface area contributed by atoms with Crippen molar-refractivity contribution in [2.45, 2.75) is 45.1 Å². The third kappa shape index (κ3) is 9.69. The van der Waals surface area contributed by atoms with E-state index in [2.05, 4.69) is 21.7 Å². The Morgan fingerprint density at radius 2 is 1.65 bits per heavy atom. The second-order valence-corrected chi connectivity index (χ2v) is 10.5. The number of carboxylic acids is 2. The minimum Gasteiger partial charge on any atom is -0.475 e. The third-order valence-electron chi connectivity index (χ3n) is 6.63. The van der Waals surface area contributed by atoms with Crippen molar-refractivity contribution >= 4 is 23.3 Å². The van der Waals surface area contributed by atoms with E-state index < -0.39 is 24.3 Å². The summed E-state index contributed by atoms with van der Waals surface area (Å²) in [6.07, 6.45) is -5.93. The van der Waals surface area contributed by atoms with E-state index in [1.807, 2.05) is 24.0 Å². The fourth-order valence-electron chi connectivity index (χ4n) is 4.64. The number of carboxylic acid groups (broad SMARTS) is 2. The van der Waals surface area contributed by atoms with Crippen LogP contribution in [-0.2, 0) is 20.9 Å². The first-order valence-electron chi connectivity index (χ1n) is 11.5. The predicted octanol–water partition coefficient (Wildman–Crippen LogP) is 3.90. The molecule has 212 valence electrons. The maximum atomic E-state index is 10.6. The predicted molar refractivity (Wildman–Crippen MR) is 121 cm³/mol. The van der Waals surface area contributed by atoms with Crippen LogP contribution in [0, 0.1) is 24.2 Å². The Labute approximate surface area is 214 Å². The minimum atomic E-state index is -5.08. The molecule has 2 saturated heterocycles. The molecule has 3 fully saturated rings. The maximum absolute atomic E-state index is 10.6. The number of aliphatic carboxylic acids is 2. The van der Waals surface area contributed by atoms with Crippen LogP contribution >= 0.6 is 11.3 Å². The summed E-state index contributed by atoms with van der Waals surface area (Å²) in [4.78, 5) is 29.0. The molecule has 0 unspecified atom stereocenters. The van der Waals surface area contributed by atoms with Crippen molar-refractivity contribution in [3.63, 3.8) is 0 Å². The summed E-state index contributed by atoms with van der Waals surface area (Å²) >= 11 is 1.81. The smallest absolute Gasteiger partial charge is 0.475 e. The maximum Gasteiger partial charge on any atom is 0.490 e. The second-order valence-electron chi connectivity index (χ2n) is 9.58. The monoisotopic (exact) mass is 563 g/mol. The first-order valence-corrected chi connectivity index (χ1v) is 12.4. The Balaban J connectivity index is 0.000000286. The van der Waals surface area contributed by atoms with Crippen LogP contribution in [0.15, 0.2) is 5.51 Å². The first kappa shape index (κ1) is 31.2. The van der Waals surface area contributed by atoms with Crippen LogP contribution in [0.5, 0.6) is 0 Å². The number of methoxy groups -OCH3 is 1. The van der Waals surface area contributed by atoms with Crippen LogP contribution in [0.1, 0.15) is 29.8 Å². The summed E-state index contributed by atoms with van der Waals surface area (Å²) in [5.74, 6) is -3.82. The number of halogens is 6. The summed E-state index contributed by atoms with van der Waals surface area (Å²) in [5, 5.41) is 14.2. The topological polar surface area (TPSA) is 103 Å². The summed E-state index contributed by atoms with van der Waals surface area (Å²) in [7, 11) is 1.87. The van der Waals surface area contributed by atoms with Crippen molar-refractivity contribution in [2.24, 2.45) is 17.3 Å². The lowest BCUT2D eigenvalue weighted by Crippen LogP contribution is -2.36. The molecule has 15 heteroatoms. The molecular weight excluding hydrogens is 532 g/mol. The van der Waals surface area contributed by atoms with E-state index in [1.165, 1.54) is 62.6 Å². The summed E-state index contributed by atoms with van der Waals surface area (Å²) in [6.45, 7) is 10.5. The van der Waals surface area contributed by atoms with Gasteiger partial charge in [-0.2, -0.15) is 26.3 Å². The van der Waals surface area contributed by atoms with Crippen LogP contribution < -0.4 is 0 Å². The zero-order chi connectivity index (χ0) is 28.0. The summed E-state index contributed by atoms with van der Waals surface area (Å²) < 4.78 is 69.1. The number of ether oxygens (including phenoxy) is 1. The number of hydrogen-bond donors (Lipinski definition) is 2. The molecule has 1 aliphatic carbocycles. The molecule has 1 saturated carbocycles. The molecular formula is C22H31F6N3O5S. The Morgan fingerprint density at radius 3 is 2.08 bits per heavy atom. The van der Waals surface area contributed by atoms with Gasteiger partial charge in [-0.25, -0.2) is 14.6 Å². The Bertz CT molecular complexity index is 884. The summed E-state index contributed by atoms with van der Waals surface area (Å²) in [5.41, 5.74) is 3.66. The van der Waals surface area contributed by atoms with Crippen molar-refractivity contribution in [1.82, 2.24) is 14.8 Å². The van der Waals surface area contributed by atoms with Crippen molar-refractivity contribution in [3.05, 3.63) is 16.1 Å². The largest absolute Gasteiger partial charge is 0.490 e. The Hall–Kier alpha value is -1.97. The fraction of sp³-hybridized carbons (Fsp3) is 0.773. The van der Waals surface area contributed by atoms with Crippen LogP contribution in [-0.4, -0.2) is 95.7 Å². The number of alkyl halides is 6. The number of hydrogen-bond acceptors (Lipinski definition) is 7. The number of aromatic nitrogens is 1. The second kappa shape index (κ2) is 12.7. The van der Waals surface area contributed by atoms with Gasteiger partial charge in [0.2, 0.25) is 0 Å². The molecule has 0 amide bonds. The van der Waals surface area contributed by atoms with Gasteiger partial charge in [0.25, 0.3) is 0 Å². The number of thiazole rings is 1. The molecule has 2 N–H and O–H groups in total. The van der Waals surface area contributed by atoms with E-state index in [4.69, 9.17) is 24.5 Å². The van der Waals surface area contributed by atoms with E-state index >= 15 is 0 Å². The number of rotatable bonds is 6. The average molecular weight is 564 g/mol. The van der Waals surface area contributed by atoms with E-state index in [9.17, 15) is 26.3 Å². The Morgan fingerprint density at radius 1 is 1.11 bits per heavy atom. The van der Waals surface area contributed by atoms with Crippen LogP contribution in [0.2, 0.25) is 0 Å². The lowest BCUT2D eigenvalue weighted by molar-refractivity contribution is -0.193. The number of nitrogens with zero attached hydrogens (tertiary/aromatic N) is 3. The lowest BCUT2D eigenvalue weighted by atomic mass is 9.77. The zero-order valence-electron chi connectivity index (χ0n) is 20.4. The van der Waals surface area contributed by atoms with Crippen LogP contribution in [0.3, 0.4) is 0 Å². The Kier molecular flexibility index (Phi) is 10.7. The highest BCUT2D eigenvalue weighted by molar-refractivity contribution is 7.09. The molecule has 0 aromatic carbocycles. The van der Waals surface area contributed by atoms with E-state index in [0.29, 0.717) is 11.3 Å². The van der Waals surface area contributed by atoms with Gasteiger partial charge in [-0.05, 0) is 38.6 Å². The van der Waals surface area contributed by atoms with Gasteiger partial charge < -0.3 is 19.8 Å². The highest BCUT2D eigenvalue weighted by Gasteiger charge is 2.50. The fourth-order valence-corrected chi connectivity index (χ4v) is 5.46. The first-order chi connectivity index (χ1) is 17.1. The lowest BCUT2D eigenvalue weighted by Gasteiger charge is -2.30. The third-order valence-corrected chi connectivity index (χ3v) is 7.55. The summed E-state index contributed by atoms with van der Waals surface area (Å²) in [6, 6.07) is 0. The molecule has 0 radical (unpaired) electrons. The molecule has 8 nitrogen and oxygen atoms in total. The normalized spacial score (nSPS) is 24.4. The molecule has 1 spiro atoms. The highest BCUT2D eigenvalue weighted by Crippen LogP contribution is 2.45. The van der Waals surface area contributed by atoms with Gasteiger partial charge in [-0.3, -0.25) is 4.90 Å². The standard InChI is InChI=1S/C18H29N3OS.2C2HF3O2/c1-14-17(23-13-19-14)9-20-6-5-18(11-20)12-21(7-15-3-4-15)8-16(18)10-22-2;2*3-2(4,5)1(6)7/h13,15-16H,3-12H2,1-2H3;2*(H,6,7)/t16-,18-;;/m0../s1. The van der Waals surface area contributed by atoms with Gasteiger partial charge in [-0.15, -0.1) is 11.3 Å². The van der Waals surface area contributed by atoms with Crippen molar-refractivity contribution in [1.29, 1.82) is 0 Å². The van der Waals surface area contributed by atoms with Gasteiger partial charge >= 0.3 is 24.3 Å². The van der Waals surface area contributed by atoms with E-state index in [-0.39, 0.29) is 0 Å². The molecule has 3 heterocycles. The molecule has 2 atom stereocenters.